The van der Waals surface area contributed by atoms with Crippen LogP contribution < -0.4 is 19.6 Å². The molecule has 2 aliphatic heterocycles. The topological polar surface area (TPSA) is 13.0 Å². The van der Waals surface area contributed by atoms with E-state index in [0.29, 0.717) is 0 Å². The van der Waals surface area contributed by atoms with Gasteiger partial charge in [-0.1, -0.05) is 194 Å². The maximum absolute atomic E-state index is 2.56. The Morgan fingerprint density at radius 1 is 0.268 bits per heavy atom. The molecule has 12 aromatic rings. The van der Waals surface area contributed by atoms with Crippen molar-refractivity contribution < 1.29 is 0 Å². The molecule has 0 aliphatic carbocycles. The molecule has 14 rings (SSSR count). The minimum atomic E-state index is 0.807. The number of fused-ring (bicyclic) bond motifs is 10. The molecule has 0 unspecified atom stereocenters. The molecule has 0 aromatic heterocycles. The highest BCUT2D eigenvalue weighted by atomic mass is 15.4. The summed E-state index contributed by atoms with van der Waals surface area (Å²) in [5.41, 5.74) is 17.1. The molecule has 0 saturated heterocycles. The standard InChI is InChI=1S/C67H48N4/c1-5-21-46(22-6-1)64-54-29-13-17-33-58(54)66(59-34-18-14-30-55(59)64)70(50-25-9-3-10-26-50)52-37-39-62-48(41-52)43-68-45-69(62)44-49-42-53(38-40-63(49)68)71(51-27-11-4-12-28-51)67-60-35-19-15-31-56(60)65(47-23-7-2-8-24-47)57-32-16-20-36-61(57)67/h1-42H,43-45H2. The molecule has 4 heteroatoms. The van der Waals surface area contributed by atoms with E-state index in [2.05, 4.69) is 274 Å². The van der Waals surface area contributed by atoms with Crippen LogP contribution in [0.4, 0.5) is 45.5 Å². The van der Waals surface area contributed by atoms with Crippen molar-refractivity contribution in [1.29, 1.82) is 0 Å². The van der Waals surface area contributed by atoms with Gasteiger partial charge in [0.25, 0.3) is 0 Å². The van der Waals surface area contributed by atoms with Crippen LogP contribution in [0.1, 0.15) is 11.1 Å². The SMILES string of the molecule is c1ccc(-c2c3ccccc3c(N(c3ccccc3)c3ccc4c(c3)CN3CN4Cc4cc(N(c5ccccc5)c5c6ccccc6c(-c6ccccc6)c6ccccc56)ccc43)c3ccccc23)cc1. The molecule has 0 saturated carbocycles. The van der Waals surface area contributed by atoms with Gasteiger partial charge in [0, 0.05) is 68.8 Å². The lowest BCUT2D eigenvalue weighted by molar-refractivity contribution is 0.651. The molecule has 2 bridgehead atoms. The first-order chi connectivity index (χ1) is 35.2. The van der Waals surface area contributed by atoms with Crippen LogP contribution in [-0.2, 0) is 13.1 Å². The van der Waals surface area contributed by atoms with Crippen molar-refractivity contribution in [1.82, 2.24) is 0 Å². The van der Waals surface area contributed by atoms with Gasteiger partial charge in [-0.2, -0.15) is 0 Å². The van der Waals surface area contributed by atoms with E-state index < -0.39 is 0 Å². The molecule has 0 N–H and O–H groups in total. The summed E-state index contributed by atoms with van der Waals surface area (Å²) in [7, 11) is 0. The Bertz CT molecular complexity index is 3610. The van der Waals surface area contributed by atoms with Gasteiger partial charge in [-0.15, -0.1) is 0 Å². The zero-order valence-corrected chi connectivity index (χ0v) is 39.2. The van der Waals surface area contributed by atoms with E-state index in [4.69, 9.17) is 0 Å². The summed E-state index contributed by atoms with van der Waals surface area (Å²) >= 11 is 0. The highest BCUT2D eigenvalue weighted by Crippen LogP contribution is 2.52. The van der Waals surface area contributed by atoms with E-state index >= 15 is 0 Å². The van der Waals surface area contributed by atoms with E-state index in [9.17, 15) is 0 Å². The Morgan fingerprint density at radius 3 is 0.901 bits per heavy atom. The summed E-state index contributed by atoms with van der Waals surface area (Å²) < 4.78 is 0. The third kappa shape index (κ3) is 6.75. The lowest BCUT2D eigenvalue weighted by atomic mass is 9.89. The molecule has 0 amide bonds. The molecule has 336 valence electrons. The highest BCUT2D eigenvalue weighted by molar-refractivity contribution is 6.24. The van der Waals surface area contributed by atoms with Gasteiger partial charge in [-0.05, 0) is 116 Å². The van der Waals surface area contributed by atoms with Crippen LogP contribution in [0.3, 0.4) is 0 Å². The minimum Gasteiger partial charge on any atom is -0.349 e. The van der Waals surface area contributed by atoms with Crippen molar-refractivity contribution >= 4 is 88.6 Å². The Hall–Kier alpha value is -9.12. The summed E-state index contributed by atoms with van der Waals surface area (Å²) in [6, 6.07) is 93.6. The lowest BCUT2D eigenvalue weighted by Gasteiger charge is -2.45. The highest BCUT2D eigenvalue weighted by Gasteiger charge is 2.32. The first-order valence-corrected chi connectivity index (χ1v) is 24.7. The molecule has 4 nitrogen and oxygen atoms in total. The zero-order chi connectivity index (χ0) is 46.8. The van der Waals surface area contributed by atoms with Gasteiger partial charge < -0.3 is 19.6 Å². The van der Waals surface area contributed by atoms with E-state index in [1.54, 1.807) is 0 Å². The van der Waals surface area contributed by atoms with Crippen molar-refractivity contribution in [2.24, 2.45) is 0 Å². The van der Waals surface area contributed by atoms with Gasteiger partial charge in [-0.3, -0.25) is 0 Å². The predicted octanol–water partition coefficient (Wildman–Crippen LogP) is 17.9. The molecule has 0 spiro atoms. The monoisotopic (exact) mass is 908 g/mol. The number of hydrogen-bond donors (Lipinski definition) is 0. The van der Waals surface area contributed by atoms with E-state index in [1.165, 1.54) is 99.2 Å². The van der Waals surface area contributed by atoms with Crippen molar-refractivity contribution in [3.8, 4) is 22.3 Å². The summed E-state index contributed by atoms with van der Waals surface area (Å²) in [5.74, 6) is 0. The van der Waals surface area contributed by atoms with Gasteiger partial charge in [0.2, 0.25) is 0 Å². The summed E-state index contributed by atoms with van der Waals surface area (Å²) in [5, 5.41) is 9.85. The van der Waals surface area contributed by atoms with E-state index in [1.807, 2.05) is 0 Å². The molecule has 12 aromatic carbocycles. The molecular formula is C67H48N4. The lowest BCUT2D eigenvalue weighted by Crippen LogP contribution is -2.46. The fourth-order valence-corrected chi connectivity index (χ4v) is 11.8. The second-order valence-electron chi connectivity index (χ2n) is 18.9. The molecule has 71 heavy (non-hydrogen) atoms. The van der Waals surface area contributed by atoms with Crippen LogP contribution in [0, 0.1) is 0 Å². The summed E-state index contributed by atoms with van der Waals surface area (Å²) in [6.07, 6.45) is 0. The van der Waals surface area contributed by atoms with Crippen molar-refractivity contribution in [2.45, 2.75) is 13.1 Å². The fourth-order valence-electron chi connectivity index (χ4n) is 11.8. The molecule has 0 radical (unpaired) electrons. The molecule has 0 fully saturated rings. The van der Waals surface area contributed by atoms with Crippen molar-refractivity contribution in [3.63, 3.8) is 0 Å². The Labute approximate surface area is 414 Å². The molecular weight excluding hydrogens is 861 g/mol. The second-order valence-corrected chi connectivity index (χ2v) is 18.9. The number of para-hydroxylation sites is 2. The maximum Gasteiger partial charge on any atom is 0.0910 e. The first-order valence-electron chi connectivity index (χ1n) is 24.7. The Kier molecular flexibility index (Phi) is 9.70. The van der Waals surface area contributed by atoms with Crippen LogP contribution in [0.15, 0.2) is 255 Å². The Balaban J connectivity index is 0.888. The third-order valence-electron chi connectivity index (χ3n) is 14.8. The molecule has 2 aliphatic rings. The van der Waals surface area contributed by atoms with Crippen molar-refractivity contribution in [2.75, 3.05) is 26.3 Å². The van der Waals surface area contributed by atoms with Crippen LogP contribution in [0.5, 0.6) is 0 Å². The first kappa shape index (κ1) is 40.9. The minimum absolute atomic E-state index is 0.807. The predicted molar refractivity (Wildman–Crippen MR) is 300 cm³/mol. The fraction of sp³-hybridized carbons (Fsp3) is 0.0448. The van der Waals surface area contributed by atoms with Gasteiger partial charge in [0.1, 0.15) is 0 Å². The Morgan fingerprint density at radius 2 is 0.563 bits per heavy atom. The largest absolute Gasteiger partial charge is 0.349 e. The summed E-state index contributed by atoms with van der Waals surface area (Å²) in [4.78, 5) is 10.1. The average molecular weight is 909 g/mol. The normalized spacial score (nSPS) is 12.8. The second kappa shape index (κ2) is 16.8. The van der Waals surface area contributed by atoms with Crippen LogP contribution >= 0.6 is 0 Å². The molecule has 0 atom stereocenters. The van der Waals surface area contributed by atoms with Crippen LogP contribution in [-0.4, -0.2) is 6.67 Å². The third-order valence-corrected chi connectivity index (χ3v) is 14.8. The van der Waals surface area contributed by atoms with Crippen LogP contribution in [0.25, 0.3) is 65.3 Å². The van der Waals surface area contributed by atoms with E-state index in [0.717, 1.165) is 42.5 Å². The zero-order valence-electron chi connectivity index (χ0n) is 39.2. The van der Waals surface area contributed by atoms with Crippen LogP contribution in [0.2, 0.25) is 0 Å². The van der Waals surface area contributed by atoms with E-state index in [-0.39, 0.29) is 0 Å². The summed E-state index contributed by atoms with van der Waals surface area (Å²) in [6.45, 7) is 2.46. The number of nitrogens with zero attached hydrogens (tertiary/aromatic N) is 4. The van der Waals surface area contributed by atoms with Gasteiger partial charge in [-0.25, -0.2) is 0 Å². The average Bonchev–Trinajstić information content (AvgIpc) is 3.44. The smallest absolute Gasteiger partial charge is 0.0910 e. The number of rotatable bonds is 8. The van der Waals surface area contributed by atoms with Gasteiger partial charge in [0.05, 0.1) is 18.0 Å². The molecule has 2 heterocycles. The number of benzene rings is 12. The quantitative estimate of drug-likeness (QED) is 0.141. The number of hydrogen-bond acceptors (Lipinski definition) is 4. The maximum atomic E-state index is 2.56. The van der Waals surface area contributed by atoms with Gasteiger partial charge in [0.15, 0.2) is 0 Å². The van der Waals surface area contributed by atoms with Crippen molar-refractivity contribution in [3.05, 3.63) is 266 Å². The number of anilines is 8. The van der Waals surface area contributed by atoms with Gasteiger partial charge >= 0.3 is 0 Å².